The van der Waals surface area contributed by atoms with E-state index in [2.05, 4.69) is 15.2 Å². The SMILES string of the molecule is CCOC(=O)N1CCC(NC(=O)[C@H](c2cccnc2)N2CCCC2)CC1. The monoisotopic (exact) mass is 360 g/mol. The normalized spacial score (nSPS) is 20.0. The average molecular weight is 360 g/mol. The minimum Gasteiger partial charge on any atom is -0.450 e. The van der Waals surface area contributed by atoms with Crippen molar-refractivity contribution in [3.05, 3.63) is 30.1 Å². The van der Waals surface area contributed by atoms with Gasteiger partial charge in [-0.25, -0.2) is 4.79 Å². The largest absolute Gasteiger partial charge is 0.450 e. The molecule has 0 saturated carbocycles. The fraction of sp³-hybridized carbons (Fsp3) is 0.632. The van der Waals surface area contributed by atoms with Crippen LogP contribution in [0, 0.1) is 0 Å². The molecule has 2 saturated heterocycles. The molecule has 7 heteroatoms. The van der Waals surface area contributed by atoms with Crippen LogP contribution in [-0.4, -0.2) is 65.6 Å². The zero-order chi connectivity index (χ0) is 18.4. The van der Waals surface area contributed by atoms with Crippen LogP contribution in [0.5, 0.6) is 0 Å². The third-order valence-corrected chi connectivity index (χ3v) is 5.12. The molecule has 7 nitrogen and oxygen atoms in total. The van der Waals surface area contributed by atoms with E-state index in [0.717, 1.165) is 44.3 Å². The summed E-state index contributed by atoms with van der Waals surface area (Å²) in [5.74, 6) is 0.0366. The summed E-state index contributed by atoms with van der Waals surface area (Å²) in [5.41, 5.74) is 0.941. The Labute approximate surface area is 154 Å². The number of aromatic nitrogens is 1. The molecule has 26 heavy (non-hydrogen) atoms. The quantitative estimate of drug-likeness (QED) is 0.869. The van der Waals surface area contributed by atoms with Crippen LogP contribution in [0.3, 0.4) is 0 Å². The molecule has 142 valence electrons. The fourth-order valence-electron chi connectivity index (χ4n) is 3.77. The third-order valence-electron chi connectivity index (χ3n) is 5.12. The van der Waals surface area contributed by atoms with Gasteiger partial charge in [0.2, 0.25) is 5.91 Å². The van der Waals surface area contributed by atoms with E-state index in [-0.39, 0.29) is 24.1 Å². The van der Waals surface area contributed by atoms with Gasteiger partial charge in [-0.2, -0.15) is 0 Å². The van der Waals surface area contributed by atoms with E-state index in [1.165, 1.54) is 0 Å². The lowest BCUT2D eigenvalue weighted by Crippen LogP contribution is -2.49. The number of likely N-dealkylation sites (tertiary alicyclic amines) is 2. The van der Waals surface area contributed by atoms with Gasteiger partial charge in [-0.3, -0.25) is 14.7 Å². The highest BCUT2D eigenvalue weighted by atomic mass is 16.6. The van der Waals surface area contributed by atoms with E-state index in [9.17, 15) is 9.59 Å². The number of ether oxygens (including phenoxy) is 1. The first kappa shape index (κ1) is 18.6. The molecule has 1 atom stereocenters. The summed E-state index contributed by atoms with van der Waals surface area (Å²) in [6.07, 6.45) is 7.01. The zero-order valence-corrected chi connectivity index (χ0v) is 15.4. The predicted octanol–water partition coefficient (Wildman–Crippen LogP) is 1.96. The van der Waals surface area contributed by atoms with Gasteiger partial charge in [0.25, 0.3) is 0 Å². The van der Waals surface area contributed by atoms with Gasteiger partial charge in [0, 0.05) is 31.5 Å². The van der Waals surface area contributed by atoms with Crippen molar-refractivity contribution in [3.8, 4) is 0 Å². The maximum atomic E-state index is 13.0. The van der Waals surface area contributed by atoms with Crippen LogP contribution in [0.4, 0.5) is 4.79 Å². The first-order valence-electron chi connectivity index (χ1n) is 9.55. The lowest BCUT2D eigenvalue weighted by atomic mass is 10.0. The molecule has 1 aromatic rings. The van der Waals surface area contributed by atoms with Crippen molar-refractivity contribution >= 4 is 12.0 Å². The Bertz CT molecular complexity index is 596. The number of hydrogen-bond acceptors (Lipinski definition) is 5. The minimum absolute atomic E-state index is 0.0366. The van der Waals surface area contributed by atoms with Gasteiger partial charge in [-0.05, 0) is 57.3 Å². The summed E-state index contributed by atoms with van der Waals surface area (Å²) in [4.78, 5) is 33.0. The number of nitrogens with one attached hydrogen (secondary N) is 1. The Morgan fingerprint density at radius 2 is 2.00 bits per heavy atom. The Morgan fingerprint density at radius 1 is 1.27 bits per heavy atom. The standard InChI is InChI=1S/C19H28N4O3/c1-2-26-19(25)23-12-7-16(8-13-23)21-18(24)17(22-10-3-4-11-22)15-6-5-9-20-14-15/h5-6,9,14,16-17H,2-4,7-8,10-13H2,1H3,(H,21,24)/t17-/m0/s1. The highest BCUT2D eigenvalue weighted by Crippen LogP contribution is 2.25. The number of carbonyl (C=O) groups is 2. The van der Waals surface area contributed by atoms with Gasteiger partial charge in [-0.15, -0.1) is 0 Å². The summed E-state index contributed by atoms with van der Waals surface area (Å²) in [7, 11) is 0. The van der Waals surface area contributed by atoms with E-state index in [4.69, 9.17) is 4.74 Å². The second-order valence-corrected chi connectivity index (χ2v) is 6.90. The minimum atomic E-state index is -0.283. The second kappa shape index (κ2) is 8.98. The summed E-state index contributed by atoms with van der Waals surface area (Å²) in [5, 5.41) is 3.20. The van der Waals surface area contributed by atoms with Gasteiger partial charge < -0.3 is 15.0 Å². The molecule has 0 unspecified atom stereocenters. The van der Waals surface area contributed by atoms with Crippen LogP contribution in [-0.2, 0) is 9.53 Å². The Balaban J connectivity index is 1.59. The van der Waals surface area contributed by atoms with Crippen LogP contribution in [0.1, 0.15) is 44.2 Å². The molecule has 2 fully saturated rings. The maximum Gasteiger partial charge on any atom is 0.409 e. The van der Waals surface area contributed by atoms with Crippen molar-refractivity contribution in [2.24, 2.45) is 0 Å². The summed E-state index contributed by atoms with van der Waals surface area (Å²) in [6, 6.07) is 3.66. The van der Waals surface area contributed by atoms with Crippen molar-refractivity contribution in [2.45, 2.75) is 44.7 Å². The van der Waals surface area contributed by atoms with Gasteiger partial charge in [0.05, 0.1) is 6.61 Å². The fourth-order valence-corrected chi connectivity index (χ4v) is 3.77. The van der Waals surface area contributed by atoms with E-state index < -0.39 is 0 Å². The van der Waals surface area contributed by atoms with E-state index >= 15 is 0 Å². The van der Waals surface area contributed by atoms with Crippen LogP contribution in [0.25, 0.3) is 0 Å². The first-order chi connectivity index (χ1) is 12.7. The molecule has 1 N–H and O–H groups in total. The van der Waals surface area contributed by atoms with Crippen molar-refractivity contribution in [3.63, 3.8) is 0 Å². The van der Waals surface area contributed by atoms with Crippen molar-refractivity contribution in [1.82, 2.24) is 20.1 Å². The molecule has 2 aliphatic heterocycles. The van der Waals surface area contributed by atoms with Crippen molar-refractivity contribution < 1.29 is 14.3 Å². The van der Waals surface area contributed by atoms with Crippen molar-refractivity contribution in [1.29, 1.82) is 0 Å². The van der Waals surface area contributed by atoms with Gasteiger partial charge in [0.15, 0.2) is 0 Å². The van der Waals surface area contributed by atoms with Gasteiger partial charge in [-0.1, -0.05) is 6.07 Å². The van der Waals surface area contributed by atoms with Crippen molar-refractivity contribution in [2.75, 3.05) is 32.8 Å². The van der Waals surface area contributed by atoms with Crippen LogP contribution in [0.2, 0.25) is 0 Å². The first-order valence-corrected chi connectivity index (χ1v) is 9.55. The third kappa shape index (κ3) is 4.52. The number of amides is 2. The zero-order valence-electron chi connectivity index (χ0n) is 15.4. The molecule has 0 aliphatic carbocycles. The molecule has 2 aliphatic rings. The molecular weight excluding hydrogens is 332 g/mol. The Morgan fingerprint density at radius 3 is 2.62 bits per heavy atom. The number of hydrogen-bond donors (Lipinski definition) is 1. The van der Waals surface area contributed by atoms with Crippen LogP contribution in [0.15, 0.2) is 24.5 Å². The second-order valence-electron chi connectivity index (χ2n) is 6.90. The van der Waals surface area contributed by atoms with Gasteiger partial charge in [0.1, 0.15) is 6.04 Å². The highest BCUT2D eigenvalue weighted by Gasteiger charge is 2.32. The number of rotatable bonds is 5. The highest BCUT2D eigenvalue weighted by molar-refractivity contribution is 5.83. The summed E-state index contributed by atoms with van der Waals surface area (Å²) < 4.78 is 5.05. The number of piperidine rings is 1. The van der Waals surface area contributed by atoms with Crippen LogP contribution < -0.4 is 5.32 Å². The topological polar surface area (TPSA) is 74.8 Å². The Kier molecular flexibility index (Phi) is 6.44. The average Bonchev–Trinajstić information content (AvgIpc) is 3.18. The van der Waals surface area contributed by atoms with E-state index in [0.29, 0.717) is 19.7 Å². The number of carbonyl (C=O) groups excluding carboxylic acids is 2. The maximum absolute atomic E-state index is 13.0. The molecule has 0 aromatic carbocycles. The van der Waals surface area contributed by atoms with Crippen LogP contribution >= 0.6 is 0 Å². The molecular formula is C19H28N4O3. The molecule has 3 heterocycles. The summed E-state index contributed by atoms with van der Waals surface area (Å²) >= 11 is 0. The number of nitrogens with zero attached hydrogens (tertiary/aromatic N) is 3. The smallest absolute Gasteiger partial charge is 0.409 e. The molecule has 2 amide bonds. The molecule has 0 spiro atoms. The molecule has 0 bridgehead atoms. The predicted molar refractivity (Wildman–Crippen MR) is 97.5 cm³/mol. The van der Waals surface area contributed by atoms with E-state index in [1.807, 2.05) is 19.1 Å². The molecule has 0 radical (unpaired) electrons. The summed E-state index contributed by atoms with van der Waals surface area (Å²) in [6.45, 7) is 5.30. The lowest BCUT2D eigenvalue weighted by molar-refractivity contribution is -0.127. The molecule has 1 aromatic heterocycles. The lowest BCUT2D eigenvalue weighted by Gasteiger charge is -2.33. The number of pyridine rings is 1. The molecule has 3 rings (SSSR count). The Hall–Kier alpha value is -2.15. The van der Waals surface area contributed by atoms with E-state index in [1.54, 1.807) is 17.3 Å². The van der Waals surface area contributed by atoms with Gasteiger partial charge >= 0.3 is 6.09 Å².